The summed E-state index contributed by atoms with van der Waals surface area (Å²) in [5.41, 5.74) is 0.626. The standard InChI is InChI=1S/C13H10Cl2N4O/c1-8(20-10-4-2-3-9(14)5-10)13-18-17-12-6-11(15)16-7-19(12)13/h2-8H,1H3. The maximum atomic E-state index is 5.93. The van der Waals surface area contributed by atoms with Gasteiger partial charge in [-0.1, -0.05) is 29.3 Å². The van der Waals surface area contributed by atoms with Gasteiger partial charge in [0.1, 0.15) is 17.2 Å². The van der Waals surface area contributed by atoms with Crippen LogP contribution in [-0.4, -0.2) is 19.6 Å². The monoisotopic (exact) mass is 308 g/mol. The van der Waals surface area contributed by atoms with Gasteiger partial charge >= 0.3 is 0 Å². The molecule has 3 rings (SSSR count). The highest BCUT2D eigenvalue weighted by molar-refractivity contribution is 6.30. The lowest BCUT2D eigenvalue weighted by molar-refractivity contribution is 0.215. The Morgan fingerprint density at radius 1 is 1.20 bits per heavy atom. The molecule has 0 saturated heterocycles. The Morgan fingerprint density at radius 3 is 2.85 bits per heavy atom. The van der Waals surface area contributed by atoms with Crippen LogP contribution >= 0.6 is 23.2 Å². The van der Waals surface area contributed by atoms with E-state index >= 15 is 0 Å². The Hall–Kier alpha value is -1.85. The Kier molecular flexibility index (Phi) is 3.46. The Bertz CT molecular complexity index is 759. The Labute approximate surface area is 125 Å². The highest BCUT2D eigenvalue weighted by atomic mass is 35.5. The van der Waals surface area contributed by atoms with E-state index in [9.17, 15) is 0 Å². The van der Waals surface area contributed by atoms with Crippen LogP contribution in [0.1, 0.15) is 18.9 Å². The molecule has 0 aliphatic rings. The molecule has 1 aromatic carbocycles. The van der Waals surface area contributed by atoms with E-state index in [0.717, 1.165) is 0 Å². The van der Waals surface area contributed by atoms with Crippen molar-refractivity contribution in [2.24, 2.45) is 0 Å². The third-order valence-corrected chi connectivity index (χ3v) is 3.21. The van der Waals surface area contributed by atoms with Gasteiger partial charge < -0.3 is 4.74 Å². The van der Waals surface area contributed by atoms with E-state index in [4.69, 9.17) is 27.9 Å². The second-order valence-electron chi connectivity index (χ2n) is 4.22. The molecule has 0 aliphatic heterocycles. The van der Waals surface area contributed by atoms with Crippen LogP contribution in [0.2, 0.25) is 10.2 Å². The molecule has 2 aromatic heterocycles. The van der Waals surface area contributed by atoms with Crippen LogP contribution in [0, 0.1) is 0 Å². The molecule has 5 nitrogen and oxygen atoms in total. The quantitative estimate of drug-likeness (QED) is 0.694. The summed E-state index contributed by atoms with van der Waals surface area (Å²) < 4.78 is 7.55. The van der Waals surface area contributed by atoms with Gasteiger partial charge in [0.05, 0.1) is 0 Å². The average Bonchev–Trinajstić information content (AvgIpc) is 2.81. The van der Waals surface area contributed by atoms with Crippen molar-refractivity contribution < 1.29 is 4.74 Å². The third-order valence-electron chi connectivity index (χ3n) is 2.77. The van der Waals surface area contributed by atoms with Crippen LogP contribution in [0.4, 0.5) is 0 Å². The molecule has 0 N–H and O–H groups in total. The van der Waals surface area contributed by atoms with Crippen LogP contribution in [0.5, 0.6) is 5.75 Å². The first kappa shape index (κ1) is 13.1. The molecule has 0 fully saturated rings. The largest absolute Gasteiger partial charge is 0.483 e. The molecule has 0 radical (unpaired) electrons. The summed E-state index contributed by atoms with van der Waals surface area (Å²) in [6.07, 6.45) is 1.27. The molecule has 0 saturated carbocycles. The topological polar surface area (TPSA) is 52.3 Å². The number of nitrogens with zero attached hydrogens (tertiary/aromatic N) is 4. The van der Waals surface area contributed by atoms with Crippen molar-refractivity contribution in [1.82, 2.24) is 19.6 Å². The lowest BCUT2D eigenvalue weighted by Gasteiger charge is -2.13. The predicted octanol–water partition coefficient (Wildman–Crippen LogP) is 3.57. The SMILES string of the molecule is CC(Oc1cccc(Cl)c1)c1nnc2cc(Cl)ncn12. The number of hydrogen-bond donors (Lipinski definition) is 0. The van der Waals surface area contributed by atoms with Gasteiger partial charge in [-0.2, -0.15) is 0 Å². The van der Waals surface area contributed by atoms with E-state index in [1.807, 2.05) is 19.1 Å². The molecule has 20 heavy (non-hydrogen) atoms. The van der Waals surface area contributed by atoms with Crippen molar-refractivity contribution in [1.29, 1.82) is 0 Å². The summed E-state index contributed by atoms with van der Waals surface area (Å²) in [5, 5.41) is 9.15. The molecule has 7 heteroatoms. The highest BCUT2D eigenvalue weighted by Gasteiger charge is 2.15. The number of fused-ring (bicyclic) bond motifs is 1. The molecule has 0 spiro atoms. The van der Waals surface area contributed by atoms with Gasteiger partial charge in [-0.15, -0.1) is 10.2 Å². The molecular formula is C13H10Cl2N4O. The van der Waals surface area contributed by atoms with E-state index in [2.05, 4.69) is 15.2 Å². The van der Waals surface area contributed by atoms with Crippen molar-refractivity contribution in [3.63, 3.8) is 0 Å². The zero-order valence-electron chi connectivity index (χ0n) is 10.5. The van der Waals surface area contributed by atoms with Crippen molar-refractivity contribution in [2.45, 2.75) is 13.0 Å². The van der Waals surface area contributed by atoms with Gasteiger partial charge in [0.25, 0.3) is 0 Å². The Balaban J connectivity index is 1.91. The van der Waals surface area contributed by atoms with Crippen LogP contribution in [0.15, 0.2) is 36.7 Å². The van der Waals surface area contributed by atoms with Crippen molar-refractivity contribution in [3.8, 4) is 5.75 Å². The average molecular weight is 309 g/mol. The number of rotatable bonds is 3. The summed E-state index contributed by atoms with van der Waals surface area (Å²) in [6.45, 7) is 1.88. The zero-order valence-corrected chi connectivity index (χ0v) is 12.0. The molecule has 0 amide bonds. The maximum Gasteiger partial charge on any atom is 0.179 e. The predicted molar refractivity (Wildman–Crippen MR) is 76.3 cm³/mol. The third kappa shape index (κ3) is 2.55. The molecule has 102 valence electrons. The summed E-state index contributed by atoms with van der Waals surface area (Å²) in [4.78, 5) is 4.02. The second kappa shape index (κ2) is 5.26. The highest BCUT2D eigenvalue weighted by Crippen LogP contribution is 2.23. The van der Waals surface area contributed by atoms with Crippen molar-refractivity contribution >= 4 is 28.8 Å². The van der Waals surface area contributed by atoms with E-state index < -0.39 is 0 Å². The minimum absolute atomic E-state index is 0.300. The summed E-state index contributed by atoms with van der Waals surface area (Å²) in [7, 11) is 0. The lowest BCUT2D eigenvalue weighted by atomic mass is 10.3. The fourth-order valence-electron chi connectivity index (χ4n) is 1.86. The number of benzene rings is 1. The fraction of sp³-hybridized carbons (Fsp3) is 0.154. The molecule has 2 heterocycles. The molecule has 0 aliphatic carbocycles. The number of hydrogen-bond acceptors (Lipinski definition) is 4. The zero-order chi connectivity index (χ0) is 14.1. The van der Waals surface area contributed by atoms with E-state index in [1.165, 1.54) is 0 Å². The fourth-order valence-corrected chi connectivity index (χ4v) is 2.19. The van der Waals surface area contributed by atoms with Gasteiger partial charge in [0.15, 0.2) is 17.6 Å². The van der Waals surface area contributed by atoms with Gasteiger partial charge in [-0.3, -0.25) is 4.40 Å². The molecule has 1 atom stereocenters. The van der Waals surface area contributed by atoms with Gasteiger partial charge in [0, 0.05) is 11.1 Å². The molecular weight excluding hydrogens is 299 g/mol. The summed E-state index contributed by atoms with van der Waals surface area (Å²) in [6, 6.07) is 8.84. The van der Waals surface area contributed by atoms with Gasteiger partial charge in [-0.05, 0) is 25.1 Å². The maximum absolute atomic E-state index is 5.93. The van der Waals surface area contributed by atoms with E-state index in [1.54, 1.807) is 28.9 Å². The Morgan fingerprint density at radius 2 is 2.05 bits per heavy atom. The smallest absolute Gasteiger partial charge is 0.179 e. The second-order valence-corrected chi connectivity index (χ2v) is 5.04. The minimum Gasteiger partial charge on any atom is -0.483 e. The molecule has 0 bridgehead atoms. The first-order valence-electron chi connectivity index (χ1n) is 5.92. The van der Waals surface area contributed by atoms with E-state index in [0.29, 0.717) is 27.4 Å². The summed E-state index contributed by atoms with van der Waals surface area (Å²) >= 11 is 11.7. The van der Waals surface area contributed by atoms with Crippen LogP contribution in [-0.2, 0) is 0 Å². The van der Waals surface area contributed by atoms with Crippen LogP contribution in [0.25, 0.3) is 5.65 Å². The lowest BCUT2D eigenvalue weighted by Crippen LogP contribution is -2.08. The molecule has 1 unspecified atom stereocenters. The van der Waals surface area contributed by atoms with Gasteiger partial charge in [-0.25, -0.2) is 4.98 Å². The van der Waals surface area contributed by atoms with E-state index in [-0.39, 0.29) is 6.10 Å². The normalized spacial score (nSPS) is 12.6. The van der Waals surface area contributed by atoms with Gasteiger partial charge in [0.2, 0.25) is 0 Å². The number of halogens is 2. The van der Waals surface area contributed by atoms with Crippen molar-refractivity contribution in [2.75, 3.05) is 0 Å². The van der Waals surface area contributed by atoms with Crippen LogP contribution < -0.4 is 4.74 Å². The first-order valence-corrected chi connectivity index (χ1v) is 6.67. The summed E-state index contributed by atoms with van der Waals surface area (Å²) in [5.74, 6) is 1.31. The number of aromatic nitrogens is 4. The first-order chi connectivity index (χ1) is 9.63. The van der Waals surface area contributed by atoms with Crippen LogP contribution in [0.3, 0.4) is 0 Å². The van der Waals surface area contributed by atoms with Crippen molar-refractivity contribution in [3.05, 3.63) is 52.7 Å². The number of ether oxygens (including phenoxy) is 1. The molecule has 3 aromatic rings. The minimum atomic E-state index is -0.300.